The van der Waals surface area contributed by atoms with E-state index in [1.54, 1.807) is 19.1 Å². The quantitative estimate of drug-likeness (QED) is 0.358. The molecule has 0 rings (SSSR count). The molecule has 0 aromatic rings. The van der Waals surface area contributed by atoms with Gasteiger partial charge in [0.2, 0.25) is 0 Å². The number of allylic oxidation sites excluding steroid dienone is 1. The molecule has 66 valence electrons. The molecule has 3 heteroatoms. The highest BCUT2D eigenvalue weighted by atomic mass is 16.7. The molecule has 0 bridgehead atoms. The molecule has 0 aliphatic heterocycles. The van der Waals surface area contributed by atoms with Gasteiger partial charge in [-0.25, -0.2) is 4.79 Å². The maximum Gasteiger partial charge on any atom is 0.509 e. The molecule has 0 amide bonds. The van der Waals surface area contributed by atoms with Crippen molar-refractivity contribution in [3.05, 3.63) is 12.2 Å². The minimum atomic E-state index is -0.721. The van der Waals surface area contributed by atoms with Crippen LogP contribution in [-0.4, -0.2) is 19.4 Å². The van der Waals surface area contributed by atoms with Crippen molar-refractivity contribution in [2.45, 2.75) is 20.0 Å². The van der Waals surface area contributed by atoms with Crippen LogP contribution in [0.4, 0.5) is 4.79 Å². The van der Waals surface area contributed by atoms with Crippen LogP contribution < -0.4 is 0 Å². The first kappa shape index (κ1) is 10.6. The summed E-state index contributed by atoms with van der Waals surface area (Å²) in [5.74, 6) is 5.34. The van der Waals surface area contributed by atoms with Gasteiger partial charge >= 0.3 is 6.16 Å². The monoisotopic (exact) mass is 168 g/mol. The minimum absolute atomic E-state index is 0.507. The number of methoxy groups -OCH3 is 1. The Morgan fingerprint density at radius 2 is 2.25 bits per heavy atom. The smallest absolute Gasteiger partial charge is 0.438 e. The molecule has 1 atom stereocenters. The van der Waals surface area contributed by atoms with Crippen LogP contribution in [0.3, 0.4) is 0 Å². The van der Waals surface area contributed by atoms with Crippen LogP contribution in [0.5, 0.6) is 0 Å². The van der Waals surface area contributed by atoms with Gasteiger partial charge in [0.15, 0.2) is 6.10 Å². The Bertz CT molecular complexity index is 220. The number of carbonyl (C=O) groups is 1. The number of rotatable bonds is 2. The molecular weight excluding hydrogens is 156 g/mol. The summed E-state index contributed by atoms with van der Waals surface area (Å²) in [7, 11) is 1.26. The van der Waals surface area contributed by atoms with Crippen molar-refractivity contribution in [2.75, 3.05) is 7.11 Å². The molecule has 0 aromatic heterocycles. The van der Waals surface area contributed by atoms with Crippen molar-refractivity contribution < 1.29 is 14.3 Å². The first-order valence-corrected chi connectivity index (χ1v) is 3.54. The lowest BCUT2D eigenvalue weighted by Gasteiger charge is -2.05. The predicted octanol–water partition coefficient (Wildman–Crippen LogP) is 1.74. The highest BCUT2D eigenvalue weighted by molar-refractivity contribution is 5.60. The second-order valence-corrected chi connectivity index (χ2v) is 1.91. The van der Waals surface area contributed by atoms with Crippen molar-refractivity contribution in [3.63, 3.8) is 0 Å². The van der Waals surface area contributed by atoms with E-state index in [1.807, 2.05) is 6.92 Å². The molecule has 1 unspecified atom stereocenters. The normalized spacial score (nSPS) is 11.6. The third kappa shape index (κ3) is 4.40. The Kier molecular flexibility index (Phi) is 5.54. The van der Waals surface area contributed by atoms with E-state index in [0.717, 1.165) is 0 Å². The van der Waals surface area contributed by atoms with Gasteiger partial charge in [0.05, 0.1) is 7.11 Å². The van der Waals surface area contributed by atoms with Crippen molar-refractivity contribution in [1.29, 1.82) is 0 Å². The second-order valence-electron chi connectivity index (χ2n) is 1.91. The highest BCUT2D eigenvalue weighted by Gasteiger charge is 2.06. The van der Waals surface area contributed by atoms with Gasteiger partial charge in [-0.3, -0.25) is 0 Å². The molecular formula is C9H12O3. The molecule has 0 aliphatic rings. The van der Waals surface area contributed by atoms with Gasteiger partial charge < -0.3 is 9.47 Å². The molecule has 0 aromatic carbocycles. The first-order valence-electron chi connectivity index (χ1n) is 3.54. The summed E-state index contributed by atoms with van der Waals surface area (Å²) in [5, 5.41) is 0. The third-order valence-electron chi connectivity index (χ3n) is 1.04. The van der Waals surface area contributed by atoms with Crippen molar-refractivity contribution in [1.82, 2.24) is 0 Å². The number of ether oxygens (including phenoxy) is 2. The Morgan fingerprint density at radius 1 is 1.58 bits per heavy atom. The summed E-state index contributed by atoms with van der Waals surface area (Å²) in [5.41, 5.74) is 0. The Labute approximate surface area is 72.4 Å². The van der Waals surface area contributed by atoms with Crippen molar-refractivity contribution in [3.8, 4) is 11.8 Å². The maximum atomic E-state index is 10.6. The SMILES string of the molecule is CC#CC(/C=C/C)OC(=O)OC. The zero-order chi connectivity index (χ0) is 9.40. The Morgan fingerprint density at radius 3 is 2.67 bits per heavy atom. The van der Waals surface area contributed by atoms with Crippen LogP contribution in [0, 0.1) is 11.8 Å². The lowest BCUT2D eigenvalue weighted by atomic mass is 10.3. The van der Waals surface area contributed by atoms with E-state index in [2.05, 4.69) is 16.6 Å². The Balaban J connectivity index is 4.10. The first-order chi connectivity index (χ1) is 5.74. The topological polar surface area (TPSA) is 35.5 Å². The number of hydrogen-bond acceptors (Lipinski definition) is 3. The maximum absolute atomic E-state index is 10.6. The van der Waals surface area contributed by atoms with E-state index >= 15 is 0 Å². The van der Waals surface area contributed by atoms with E-state index in [-0.39, 0.29) is 0 Å². The minimum Gasteiger partial charge on any atom is -0.438 e. The molecule has 0 spiro atoms. The van der Waals surface area contributed by atoms with Gasteiger partial charge in [0.1, 0.15) is 0 Å². The molecule has 0 radical (unpaired) electrons. The summed E-state index contributed by atoms with van der Waals surface area (Å²) < 4.78 is 9.07. The molecule has 12 heavy (non-hydrogen) atoms. The summed E-state index contributed by atoms with van der Waals surface area (Å²) in [6.45, 7) is 3.50. The fourth-order valence-corrected chi connectivity index (χ4v) is 0.586. The summed E-state index contributed by atoms with van der Waals surface area (Å²) in [4.78, 5) is 10.6. The van der Waals surface area contributed by atoms with E-state index in [1.165, 1.54) is 7.11 Å². The van der Waals surface area contributed by atoms with Crippen LogP contribution in [0.15, 0.2) is 12.2 Å². The lowest BCUT2D eigenvalue weighted by Crippen LogP contribution is -2.13. The van der Waals surface area contributed by atoms with Gasteiger partial charge in [0.25, 0.3) is 0 Å². The average molecular weight is 168 g/mol. The van der Waals surface area contributed by atoms with Crippen LogP contribution in [0.1, 0.15) is 13.8 Å². The standard InChI is InChI=1S/C9H12O3/c1-4-6-8(7-5-2)12-9(10)11-3/h4,6,8H,1-3H3/b6-4+. The van der Waals surface area contributed by atoms with E-state index < -0.39 is 12.3 Å². The fraction of sp³-hybridized carbons (Fsp3) is 0.444. The lowest BCUT2D eigenvalue weighted by molar-refractivity contribution is 0.0672. The van der Waals surface area contributed by atoms with Crippen molar-refractivity contribution >= 4 is 6.16 Å². The van der Waals surface area contributed by atoms with Crippen LogP contribution in [0.25, 0.3) is 0 Å². The molecule has 3 nitrogen and oxygen atoms in total. The van der Waals surface area contributed by atoms with E-state index in [0.29, 0.717) is 0 Å². The summed E-state index contributed by atoms with van der Waals surface area (Å²) in [6.07, 6.45) is 2.21. The summed E-state index contributed by atoms with van der Waals surface area (Å²) >= 11 is 0. The zero-order valence-electron chi connectivity index (χ0n) is 7.46. The van der Waals surface area contributed by atoms with Gasteiger partial charge in [-0.05, 0) is 19.9 Å². The number of carbonyl (C=O) groups excluding carboxylic acids is 1. The third-order valence-corrected chi connectivity index (χ3v) is 1.04. The van der Waals surface area contributed by atoms with Crippen LogP contribution in [-0.2, 0) is 9.47 Å². The van der Waals surface area contributed by atoms with E-state index in [4.69, 9.17) is 4.74 Å². The van der Waals surface area contributed by atoms with Gasteiger partial charge in [0, 0.05) is 0 Å². The van der Waals surface area contributed by atoms with Crippen LogP contribution in [0.2, 0.25) is 0 Å². The van der Waals surface area contributed by atoms with Gasteiger partial charge in [-0.1, -0.05) is 12.0 Å². The largest absolute Gasteiger partial charge is 0.509 e. The predicted molar refractivity (Wildman–Crippen MR) is 45.5 cm³/mol. The molecule has 0 saturated carbocycles. The summed E-state index contributed by atoms with van der Waals surface area (Å²) in [6, 6.07) is 0. The highest BCUT2D eigenvalue weighted by Crippen LogP contribution is 1.95. The zero-order valence-corrected chi connectivity index (χ0v) is 7.46. The van der Waals surface area contributed by atoms with Gasteiger partial charge in [-0.2, -0.15) is 0 Å². The fourth-order valence-electron chi connectivity index (χ4n) is 0.586. The van der Waals surface area contributed by atoms with Crippen LogP contribution >= 0.6 is 0 Å². The molecule has 0 N–H and O–H groups in total. The average Bonchev–Trinajstić information content (AvgIpc) is 2.05. The second kappa shape index (κ2) is 6.29. The Hall–Kier alpha value is -1.43. The number of hydrogen-bond donors (Lipinski definition) is 0. The molecule has 0 saturated heterocycles. The van der Waals surface area contributed by atoms with Gasteiger partial charge in [-0.15, -0.1) is 5.92 Å². The van der Waals surface area contributed by atoms with Crippen molar-refractivity contribution in [2.24, 2.45) is 0 Å². The van der Waals surface area contributed by atoms with E-state index in [9.17, 15) is 4.79 Å². The molecule has 0 aliphatic carbocycles. The molecule has 0 heterocycles. The molecule has 0 fully saturated rings.